The molecule has 0 bridgehead atoms. The molecule has 0 saturated heterocycles. The monoisotopic (exact) mass is 389 g/mol. The highest BCUT2D eigenvalue weighted by Gasteiger charge is 2.21. The van der Waals surface area contributed by atoms with Crippen molar-refractivity contribution in [1.29, 1.82) is 0 Å². The fourth-order valence-electron chi connectivity index (χ4n) is 4.05. The average Bonchev–Trinajstić information content (AvgIpc) is 3.12. The molecule has 2 aromatic carbocycles. The Hall–Kier alpha value is -3.08. The molecule has 0 atom stereocenters. The van der Waals surface area contributed by atoms with E-state index in [1.54, 1.807) is 11.8 Å². The van der Waals surface area contributed by atoms with E-state index in [0.717, 1.165) is 41.2 Å². The molecule has 150 valence electrons. The summed E-state index contributed by atoms with van der Waals surface area (Å²) in [7, 11) is 1.63. The summed E-state index contributed by atoms with van der Waals surface area (Å²) in [5.74, 6) is 0.756. The topological polar surface area (TPSA) is 59.4 Å². The molecule has 1 fully saturated rings. The van der Waals surface area contributed by atoms with Crippen LogP contribution >= 0.6 is 0 Å². The molecule has 1 heterocycles. The third-order valence-electron chi connectivity index (χ3n) is 5.60. The van der Waals surface area contributed by atoms with Gasteiger partial charge in [-0.3, -0.25) is 14.9 Å². The highest BCUT2D eigenvalue weighted by molar-refractivity contribution is 6.03. The summed E-state index contributed by atoms with van der Waals surface area (Å²) in [5.41, 5.74) is 3.94. The Bertz CT molecular complexity index is 1040. The lowest BCUT2D eigenvalue weighted by Gasteiger charge is -2.18. The van der Waals surface area contributed by atoms with Crippen LogP contribution in [0.25, 0.3) is 16.9 Å². The number of ether oxygens (including phenoxy) is 1. The summed E-state index contributed by atoms with van der Waals surface area (Å²) in [6, 6.07) is 17.8. The van der Waals surface area contributed by atoms with Crippen LogP contribution < -0.4 is 10.3 Å². The zero-order valence-corrected chi connectivity index (χ0v) is 17.0. The van der Waals surface area contributed by atoms with Gasteiger partial charge in [0, 0.05) is 11.3 Å². The molecule has 29 heavy (non-hydrogen) atoms. The lowest BCUT2D eigenvalue weighted by molar-refractivity contribution is 0.414. The molecule has 1 N–H and O–H groups in total. The number of nitrogens with one attached hydrogen (secondary N) is 1. The summed E-state index contributed by atoms with van der Waals surface area (Å²) in [4.78, 5) is 18.4. The normalized spacial score (nSPS) is 15.4. The van der Waals surface area contributed by atoms with Gasteiger partial charge in [-0.2, -0.15) is 0 Å². The van der Waals surface area contributed by atoms with Crippen LogP contribution in [0.15, 0.2) is 64.4 Å². The summed E-state index contributed by atoms with van der Waals surface area (Å²) in [6.07, 6.45) is 5.94. The van der Waals surface area contributed by atoms with E-state index in [2.05, 4.69) is 5.10 Å². The molecule has 1 aromatic heterocycles. The van der Waals surface area contributed by atoms with Crippen molar-refractivity contribution in [2.75, 3.05) is 7.11 Å². The fourth-order valence-corrected chi connectivity index (χ4v) is 4.05. The van der Waals surface area contributed by atoms with Crippen LogP contribution in [0, 0.1) is 0 Å². The quantitative estimate of drug-likeness (QED) is 0.626. The van der Waals surface area contributed by atoms with Gasteiger partial charge in [-0.15, -0.1) is 0 Å². The van der Waals surface area contributed by atoms with Gasteiger partial charge in [-0.05, 0) is 44.0 Å². The Morgan fingerprint density at radius 2 is 1.72 bits per heavy atom. The van der Waals surface area contributed by atoms with E-state index in [-0.39, 0.29) is 5.56 Å². The van der Waals surface area contributed by atoms with Crippen LogP contribution in [-0.2, 0) is 0 Å². The van der Waals surface area contributed by atoms with E-state index in [4.69, 9.17) is 9.73 Å². The second-order valence-corrected chi connectivity index (χ2v) is 7.57. The lowest BCUT2D eigenvalue weighted by atomic mass is 9.95. The second-order valence-electron chi connectivity index (χ2n) is 7.57. The van der Waals surface area contributed by atoms with Crippen LogP contribution in [-0.4, -0.2) is 28.6 Å². The molecule has 5 heteroatoms. The van der Waals surface area contributed by atoms with Crippen LogP contribution in [0.4, 0.5) is 0 Å². The molecule has 1 aliphatic rings. The van der Waals surface area contributed by atoms with Crippen LogP contribution in [0.5, 0.6) is 5.75 Å². The van der Waals surface area contributed by atoms with E-state index in [1.165, 1.54) is 19.3 Å². The Morgan fingerprint density at radius 3 is 2.38 bits per heavy atom. The van der Waals surface area contributed by atoms with Crippen molar-refractivity contribution < 1.29 is 4.74 Å². The Kier molecular flexibility index (Phi) is 5.65. The van der Waals surface area contributed by atoms with Crippen molar-refractivity contribution in [1.82, 2.24) is 9.78 Å². The maximum atomic E-state index is 13.4. The number of aromatic amines is 1. The molecule has 0 unspecified atom stereocenters. The van der Waals surface area contributed by atoms with Crippen molar-refractivity contribution in [2.45, 2.75) is 45.1 Å². The Morgan fingerprint density at radius 1 is 1.03 bits per heavy atom. The largest absolute Gasteiger partial charge is 0.497 e. The van der Waals surface area contributed by atoms with Crippen molar-refractivity contribution in [2.24, 2.45) is 4.99 Å². The number of methoxy groups -OCH3 is 1. The molecule has 1 saturated carbocycles. The summed E-state index contributed by atoms with van der Waals surface area (Å²) in [6.45, 7) is 1.96. The number of aromatic nitrogens is 2. The highest BCUT2D eigenvalue weighted by Crippen LogP contribution is 2.25. The first-order chi connectivity index (χ1) is 14.2. The van der Waals surface area contributed by atoms with Crippen LogP contribution in [0.1, 0.15) is 44.6 Å². The summed E-state index contributed by atoms with van der Waals surface area (Å²) >= 11 is 0. The molecular weight excluding hydrogens is 362 g/mol. The van der Waals surface area contributed by atoms with Gasteiger partial charge in [0.2, 0.25) is 0 Å². The standard InChI is InChI=1S/C24H27N3O2/c1-17(25-19-11-7-4-8-12-19)22-23(18-9-5-3-6-10-18)26-27(24(22)28)20-13-15-21(29-2)16-14-20/h3,5-6,9-10,13-16,19,26H,4,7-8,11-12H2,1-2H3. The minimum absolute atomic E-state index is 0.0777. The van der Waals surface area contributed by atoms with Gasteiger partial charge in [-0.1, -0.05) is 49.6 Å². The lowest BCUT2D eigenvalue weighted by Crippen LogP contribution is -2.21. The number of hydrogen-bond donors (Lipinski definition) is 1. The highest BCUT2D eigenvalue weighted by atomic mass is 16.5. The van der Waals surface area contributed by atoms with Gasteiger partial charge in [0.15, 0.2) is 0 Å². The predicted octanol–water partition coefficient (Wildman–Crippen LogP) is 4.98. The molecule has 1 aliphatic carbocycles. The van der Waals surface area contributed by atoms with Gasteiger partial charge >= 0.3 is 0 Å². The number of H-pyrrole nitrogens is 1. The van der Waals surface area contributed by atoms with Gasteiger partial charge in [0.25, 0.3) is 5.56 Å². The Balaban J connectivity index is 1.82. The maximum absolute atomic E-state index is 13.4. The van der Waals surface area contributed by atoms with E-state index >= 15 is 0 Å². The molecule has 0 radical (unpaired) electrons. The van der Waals surface area contributed by atoms with Crippen molar-refractivity contribution in [3.63, 3.8) is 0 Å². The van der Waals surface area contributed by atoms with Crippen molar-refractivity contribution in [3.8, 4) is 22.7 Å². The first-order valence-corrected chi connectivity index (χ1v) is 10.3. The summed E-state index contributed by atoms with van der Waals surface area (Å²) in [5, 5.41) is 3.32. The molecular formula is C24H27N3O2. The van der Waals surface area contributed by atoms with Crippen molar-refractivity contribution >= 4 is 5.71 Å². The average molecular weight is 389 g/mol. The zero-order chi connectivity index (χ0) is 20.2. The number of hydrogen-bond acceptors (Lipinski definition) is 3. The van der Waals surface area contributed by atoms with Gasteiger partial charge < -0.3 is 4.74 Å². The van der Waals surface area contributed by atoms with Crippen LogP contribution in [0.3, 0.4) is 0 Å². The van der Waals surface area contributed by atoms with Gasteiger partial charge in [0.05, 0.1) is 30.1 Å². The smallest absolute Gasteiger partial charge is 0.280 e. The minimum atomic E-state index is -0.0777. The van der Waals surface area contributed by atoms with E-state index < -0.39 is 0 Å². The second kappa shape index (κ2) is 8.52. The van der Waals surface area contributed by atoms with E-state index in [0.29, 0.717) is 11.6 Å². The van der Waals surface area contributed by atoms with Crippen LogP contribution in [0.2, 0.25) is 0 Å². The minimum Gasteiger partial charge on any atom is -0.497 e. The van der Waals surface area contributed by atoms with Crippen molar-refractivity contribution in [3.05, 3.63) is 70.5 Å². The molecule has 0 amide bonds. The number of rotatable bonds is 5. The predicted molar refractivity (Wildman–Crippen MR) is 117 cm³/mol. The first kappa shape index (κ1) is 19.2. The fraction of sp³-hybridized carbons (Fsp3) is 0.333. The van der Waals surface area contributed by atoms with E-state index in [1.807, 2.05) is 61.5 Å². The SMILES string of the molecule is COc1ccc(-n2[nH]c(-c3ccccc3)c(C(C)=NC3CCCCC3)c2=O)cc1. The van der Waals surface area contributed by atoms with Gasteiger partial charge in [0.1, 0.15) is 5.75 Å². The number of aliphatic imine (C=N–C) groups is 1. The number of nitrogens with zero attached hydrogens (tertiary/aromatic N) is 2. The van der Waals surface area contributed by atoms with E-state index in [9.17, 15) is 4.79 Å². The third kappa shape index (κ3) is 4.04. The number of benzene rings is 2. The molecule has 4 rings (SSSR count). The molecule has 3 aromatic rings. The Labute approximate surface area is 171 Å². The third-order valence-corrected chi connectivity index (χ3v) is 5.60. The molecule has 0 aliphatic heterocycles. The maximum Gasteiger partial charge on any atom is 0.280 e. The molecule has 5 nitrogen and oxygen atoms in total. The molecule has 0 spiro atoms. The summed E-state index contributed by atoms with van der Waals surface area (Å²) < 4.78 is 6.83. The van der Waals surface area contributed by atoms with Gasteiger partial charge in [-0.25, -0.2) is 4.68 Å². The first-order valence-electron chi connectivity index (χ1n) is 10.3. The zero-order valence-electron chi connectivity index (χ0n) is 17.0.